The summed E-state index contributed by atoms with van der Waals surface area (Å²) in [5.74, 6) is 1.68. The minimum absolute atomic E-state index is 0.590. The molecule has 1 aromatic carbocycles. The van der Waals surface area contributed by atoms with Gasteiger partial charge in [-0.2, -0.15) is 0 Å². The normalized spacial score (nSPS) is 18.0. The maximum absolute atomic E-state index is 6.27. The molecule has 0 amide bonds. The number of piperazine rings is 1. The Morgan fingerprint density at radius 3 is 2.39 bits per heavy atom. The zero-order valence-electron chi connectivity index (χ0n) is 16.1. The lowest BCUT2D eigenvalue weighted by molar-refractivity contribution is 0.380. The highest BCUT2D eigenvalue weighted by Crippen LogP contribution is 2.20. The predicted octanol–water partition coefficient (Wildman–Crippen LogP) is 2.97. The van der Waals surface area contributed by atoms with Crippen molar-refractivity contribution in [1.82, 2.24) is 9.88 Å². The molecule has 3 heterocycles. The van der Waals surface area contributed by atoms with Crippen molar-refractivity contribution in [2.45, 2.75) is 19.4 Å². The van der Waals surface area contributed by atoms with Crippen LogP contribution in [0.1, 0.15) is 18.4 Å². The van der Waals surface area contributed by atoms with Gasteiger partial charge in [0.1, 0.15) is 5.82 Å². The zero-order valence-corrected chi connectivity index (χ0v) is 16.9. The maximum Gasteiger partial charge on any atom is 0.191 e. The van der Waals surface area contributed by atoms with Crippen molar-refractivity contribution in [1.29, 1.82) is 0 Å². The van der Waals surface area contributed by atoms with E-state index < -0.39 is 0 Å². The summed E-state index contributed by atoms with van der Waals surface area (Å²) in [6.45, 7) is 6.37. The second kappa shape index (κ2) is 8.69. The van der Waals surface area contributed by atoms with Crippen LogP contribution in [0, 0.1) is 0 Å². The van der Waals surface area contributed by atoms with Gasteiger partial charge in [-0.1, -0.05) is 11.6 Å². The zero-order chi connectivity index (χ0) is 19.3. The highest BCUT2D eigenvalue weighted by Gasteiger charge is 2.18. The van der Waals surface area contributed by atoms with Crippen LogP contribution >= 0.6 is 11.6 Å². The summed E-state index contributed by atoms with van der Waals surface area (Å²) in [4.78, 5) is 16.0. The van der Waals surface area contributed by atoms with Gasteiger partial charge in [0.2, 0.25) is 0 Å². The van der Waals surface area contributed by atoms with Gasteiger partial charge in [-0.3, -0.25) is 0 Å². The molecule has 28 heavy (non-hydrogen) atoms. The monoisotopic (exact) mass is 398 g/mol. The van der Waals surface area contributed by atoms with Gasteiger partial charge < -0.3 is 20.4 Å². The Kier molecular flexibility index (Phi) is 5.86. The molecule has 1 aromatic heterocycles. The molecule has 0 unspecified atom stereocenters. The van der Waals surface area contributed by atoms with E-state index in [0.717, 1.165) is 55.7 Å². The van der Waals surface area contributed by atoms with Gasteiger partial charge >= 0.3 is 0 Å². The van der Waals surface area contributed by atoms with Crippen molar-refractivity contribution < 1.29 is 0 Å². The minimum Gasteiger partial charge on any atom is -0.370 e. The van der Waals surface area contributed by atoms with Crippen LogP contribution in [0.15, 0.2) is 47.6 Å². The van der Waals surface area contributed by atoms with Gasteiger partial charge in [0.05, 0.1) is 6.54 Å². The molecule has 0 bridgehead atoms. The Labute approximate surface area is 171 Å². The number of guanidine groups is 1. The highest BCUT2D eigenvalue weighted by molar-refractivity contribution is 6.30. The maximum atomic E-state index is 6.27. The molecule has 0 spiro atoms. The molecule has 0 aliphatic carbocycles. The number of benzene rings is 1. The largest absolute Gasteiger partial charge is 0.370 e. The number of rotatable bonds is 4. The van der Waals surface area contributed by atoms with E-state index in [1.807, 2.05) is 24.4 Å². The molecule has 2 fully saturated rings. The molecule has 0 radical (unpaired) electrons. The molecule has 2 N–H and O–H groups in total. The quantitative estimate of drug-likeness (QED) is 0.633. The smallest absolute Gasteiger partial charge is 0.191 e. The first-order valence-electron chi connectivity index (χ1n) is 9.94. The van der Waals surface area contributed by atoms with Crippen molar-refractivity contribution in [3.63, 3.8) is 0 Å². The van der Waals surface area contributed by atoms with E-state index in [1.165, 1.54) is 18.5 Å². The number of anilines is 2. The van der Waals surface area contributed by atoms with Gasteiger partial charge in [-0.15, -0.1) is 0 Å². The molecule has 6 nitrogen and oxygen atoms in total. The first-order chi connectivity index (χ1) is 13.7. The van der Waals surface area contributed by atoms with Crippen LogP contribution in [0.4, 0.5) is 11.5 Å². The Balaban J connectivity index is 1.32. The third-order valence-corrected chi connectivity index (χ3v) is 5.71. The van der Waals surface area contributed by atoms with E-state index in [0.29, 0.717) is 12.5 Å². The second-order valence-electron chi connectivity index (χ2n) is 7.34. The molecule has 4 rings (SSSR count). The van der Waals surface area contributed by atoms with Crippen LogP contribution in [0.5, 0.6) is 0 Å². The number of nitrogens with zero attached hydrogens (tertiary/aromatic N) is 5. The van der Waals surface area contributed by atoms with E-state index in [-0.39, 0.29) is 0 Å². The lowest BCUT2D eigenvalue weighted by atomic mass is 10.2. The van der Waals surface area contributed by atoms with Crippen LogP contribution in [-0.4, -0.2) is 55.1 Å². The molecular formula is C21H27ClN6. The van der Waals surface area contributed by atoms with Crippen molar-refractivity contribution in [3.8, 4) is 0 Å². The molecule has 2 saturated heterocycles. The van der Waals surface area contributed by atoms with Gasteiger partial charge in [-0.25, -0.2) is 9.98 Å². The number of hydrogen-bond acceptors (Lipinski definition) is 4. The van der Waals surface area contributed by atoms with Crippen molar-refractivity contribution in [2.75, 3.05) is 49.1 Å². The molecule has 148 valence electrons. The minimum atomic E-state index is 0.590. The SMILES string of the molecule is NC(=NCc1ccnc(N2CCCC2)c1)N1CCN(c2ccc(Cl)cc2)CC1. The molecule has 2 aliphatic rings. The summed E-state index contributed by atoms with van der Waals surface area (Å²) < 4.78 is 0. The van der Waals surface area contributed by atoms with E-state index in [4.69, 9.17) is 17.3 Å². The third kappa shape index (κ3) is 4.50. The fraction of sp³-hybridized carbons (Fsp3) is 0.429. The van der Waals surface area contributed by atoms with Crippen LogP contribution in [0.3, 0.4) is 0 Å². The number of aliphatic imine (C=N–C) groups is 1. The number of nitrogens with two attached hydrogens (primary N) is 1. The fourth-order valence-corrected chi connectivity index (χ4v) is 3.92. The number of halogens is 1. The Morgan fingerprint density at radius 2 is 1.68 bits per heavy atom. The molecule has 2 aromatic rings. The summed E-state index contributed by atoms with van der Waals surface area (Å²) in [5.41, 5.74) is 8.63. The van der Waals surface area contributed by atoms with Crippen LogP contribution < -0.4 is 15.5 Å². The summed E-state index contributed by atoms with van der Waals surface area (Å²) in [5, 5.41) is 0.766. The number of hydrogen-bond donors (Lipinski definition) is 1. The van der Waals surface area contributed by atoms with Crippen molar-refractivity contribution in [2.24, 2.45) is 10.7 Å². The van der Waals surface area contributed by atoms with E-state index in [9.17, 15) is 0 Å². The van der Waals surface area contributed by atoms with Gasteiger partial charge in [0, 0.05) is 56.2 Å². The average molecular weight is 399 g/mol. The van der Waals surface area contributed by atoms with Crippen molar-refractivity contribution >= 4 is 29.1 Å². The molecular weight excluding hydrogens is 372 g/mol. The highest BCUT2D eigenvalue weighted by atomic mass is 35.5. The summed E-state index contributed by atoms with van der Waals surface area (Å²) in [6.07, 6.45) is 4.37. The number of pyridine rings is 1. The Hall–Kier alpha value is -2.47. The van der Waals surface area contributed by atoms with Crippen LogP contribution in [0.2, 0.25) is 5.02 Å². The summed E-state index contributed by atoms with van der Waals surface area (Å²) in [7, 11) is 0. The second-order valence-corrected chi connectivity index (χ2v) is 7.78. The van der Waals surface area contributed by atoms with Gasteiger partial charge in [0.25, 0.3) is 0 Å². The van der Waals surface area contributed by atoms with E-state index >= 15 is 0 Å². The lowest BCUT2D eigenvalue weighted by Crippen LogP contribution is -2.51. The van der Waals surface area contributed by atoms with Gasteiger partial charge in [-0.05, 0) is 54.8 Å². The third-order valence-electron chi connectivity index (χ3n) is 5.46. The molecule has 0 atom stereocenters. The molecule has 2 aliphatic heterocycles. The summed E-state index contributed by atoms with van der Waals surface area (Å²) >= 11 is 5.98. The van der Waals surface area contributed by atoms with E-state index in [2.05, 4.69) is 42.9 Å². The van der Waals surface area contributed by atoms with Crippen molar-refractivity contribution in [3.05, 3.63) is 53.2 Å². The first-order valence-corrected chi connectivity index (χ1v) is 10.3. The molecule has 7 heteroatoms. The fourth-order valence-electron chi connectivity index (χ4n) is 3.80. The first kappa shape index (κ1) is 18.9. The Morgan fingerprint density at radius 1 is 0.964 bits per heavy atom. The van der Waals surface area contributed by atoms with Crippen LogP contribution in [-0.2, 0) is 6.54 Å². The molecule has 0 saturated carbocycles. The average Bonchev–Trinajstić information content (AvgIpc) is 3.28. The lowest BCUT2D eigenvalue weighted by Gasteiger charge is -2.36. The van der Waals surface area contributed by atoms with Gasteiger partial charge in [0.15, 0.2) is 5.96 Å². The van der Waals surface area contributed by atoms with Crippen LogP contribution in [0.25, 0.3) is 0 Å². The van der Waals surface area contributed by atoms with E-state index in [1.54, 1.807) is 0 Å². The number of aromatic nitrogens is 1. The summed E-state index contributed by atoms with van der Waals surface area (Å²) in [6, 6.07) is 12.2. The standard InChI is InChI=1S/C21H27ClN6/c22-18-3-5-19(6-4-18)26-11-13-28(14-12-26)21(23)25-16-17-7-8-24-20(15-17)27-9-1-2-10-27/h3-8,15H,1-2,9-14,16H2,(H2,23,25). The Bertz CT molecular complexity index is 808. The topological polar surface area (TPSA) is 61.0 Å². The predicted molar refractivity (Wildman–Crippen MR) is 116 cm³/mol.